The molecule has 0 aromatic rings. The summed E-state index contributed by atoms with van der Waals surface area (Å²) in [6.07, 6.45) is 25.7. The Bertz CT molecular complexity index is 652. The average Bonchev–Trinajstić information content (AvgIpc) is 2.92. The minimum absolute atomic E-state index is 0.0417. The van der Waals surface area contributed by atoms with E-state index in [0.717, 1.165) is 38.5 Å². The van der Waals surface area contributed by atoms with Gasteiger partial charge in [-0.15, -0.1) is 0 Å². The van der Waals surface area contributed by atoms with E-state index in [2.05, 4.69) is 18.4 Å². The summed E-state index contributed by atoms with van der Waals surface area (Å²) in [6, 6.07) is 0. The lowest BCUT2D eigenvalue weighted by Crippen LogP contribution is -2.23. The third-order valence-corrected chi connectivity index (χ3v) is 7.89. The lowest BCUT2D eigenvalue weighted by Gasteiger charge is -2.17. The van der Waals surface area contributed by atoms with Crippen LogP contribution in [0.5, 0.6) is 0 Å². The molecule has 0 heterocycles. The molecule has 2 N–H and O–H groups in total. The first-order valence-corrected chi connectivity index (χ1v) is 18.4. The maximum Gasteiger partial charge on any atom is 0.469 e. The van der Waals surface area contributed by atoms with Crippen LogP contribution in [0.4, 0.5) is 0 Å². The van der Waals surface area contributed by atoms with Gasteiger partial charge in [0.2, 0.25) is 0 Å². The summed E-state index contributed by atoms with van der Waals surface area (Å²) in [5.41, 5.74) is 0. The van der Waals surface area contributed by atoms with Crippen LogP contribution in [0.3, 0.4) is 0 Å². The molecular formula is C32H63O8P. The van der Waals surface area contributed by atoms with Crippen molar-refractivity contribution in [3.05, 3.63) is 0 Å². The zero-order valence-electron chi connectivity index (χ0n) is 26.5. The van der Waals surface area contributed by atoms with Gasteiger partial charge < -0.3 is 19.3 Å². The molecule has 0 rings (SSSR count). The molecule has 0 spiro atoms. The largest absolute Gasteiger partial charge is 0.469 e. The molecule has 0 aliphatic heterocycles. The van der Waals surface area contributed by atoms with Crippen LogP contribution in [0, 0.1) is 0 Å². The monoisotopic (exact) mass is 606 g/mol. The second-order valence-corrected chi connectivity index (χ2v) is 12.7. The summed E-state index contributed by atoms with van der Waals surface area (Å²) < 4.78 is 26.1. The van der Waals surface area contributed by atoms with E-state index >= 15 is 0 Å². The maximum atomic E-state index is 12.5. The highest BCUT2D eigenvalue weighted by molar-refractivity contribution is 7.46. The lowest BCUT2D eigenvalue weighted by atomic mass is 10.0. The van der Waals surface area contributed by atoms with Crippen LogP contribution in [0.15, 0.2) is 0 Å². The van der Waals surface area contributed by atoms with E-state index in [1.54, 1.807) is 0 Å². The number of unbranched alkanes of at least 4 members (excludes halogenated alkanes) is 19. The van der Waals surface area contributed by atoms with E-state index < -0.39 is 19.9 Å². The SMILES string of the molecule is CCCCCCCCCCCCCC(=O)OC(CCCCCCCCCCC)CC(=O)OCCCCOP(=O)(O)O. The molecule has 0 saturated heterocycles. The van der Waals surface area contributed by atoms with Gasteiger partial charge >= 0.3 is 19.8 Å². The summed E-state index contributed by atoms with van der Waals surface area (Å²) in [4.78, 5) is 42.3. The predicted molar refractivity (Wildman–Crippen MR) is 166 cm³/mol. The Labute approximate surface area is 251 Å². The summed E-state index contributed by atoms with van der Waals surface area (Å²) >= 11 is 0. The van der Waals surface area contributed by atoms with E-state index in [-0.39, 0.29) is 25.6 Å². The van der Waals surface area contributed by atoms with E-state index in [4.69, 9.17) is 19.3 Å². The van der Waals surface area contributed by atoms with Crippen molar-refractivity contribution in [2.45, 2.75) is 180 Å². The minimum Gasteiger partial charge on any atom is -0.466 e. The van der Waals surface area contributed by atoms with Crippen LogP contribution in [0.2, 0.25) is 0 Å². The molecule has 0 saturated carbocycles. The fourth-order valence-corrected chi connectivity index (χ4v) is 5.25. The summed E-state index contributed by atoms with van der Waals surface area (Å²) in [5.74, 6) is -0.645. The van der Waals surface area contributed by atoms with Gasteiger partial charge in [0, 0.05) is 6.42 Å². The Kier molecular flexibility index (Phi) is 28.5. The second kappa shape index (κ2) is 29.1. The molecule has 0 amide bonds. The van der Waals surface area contributed by atoms with Crippen LogP contribution in [-0.2, 0) is 28.2 Å². The van der Waals surface area contributed by atoms with Crippen LogP contribution < -0.4 is 0 Å². The number of hydrogen-bond acceptors (Lipinski definition) is 6. The van der Waals surface area contributed by atoms with Crippen molar-refractivity contribution in [1.29, 1.82) is 0 Å². The third kappa shape index (κ3) is 31.8. The number of hydrogen-bond donors (Lipinski definition) is 2. The molecule has 0 fully saturated rings. The number of rotatable bonds is 31. The molecule has 0 aliphatic rings. The van der Waals surface area contributed by atoms with E-state index in [1.165, 1.54) is 89.9 Å². The zero-order chi connectivity index (χ0) is 30.4. The van der Waals surface area contributed by atoms with Gasteiger partial charge in [-0.2, -0.15) is 0 Å². The first-order chi connectivity index (χ1) is 19.8. The molecule has 0 aromatic heterocycles. The van der Waals surface area contributed by atoms with Crippen molar-refractivity contribution in [1.82, 2.24) is 0 Å². The number of phosphoric acid groups is 1. The highest BCUT2D eigenvalue weighted by Crippen LogP contribution is 2.35. The molecule has 244 valence electrons. The maximum absolute atomic E-state index is 12.5. The predicted octanol–water partition coefficient (Wildman–Crippen LogP) is 9.34. The molecule has 0 aromatic carbocycles. The van der Waals surface area contributed by atoms with Gasteiger partial charge in [0.15, 0.2) is 0 Å². The minimum atomic E-state index is -4.47. The number of carbonyl (C=O) groups excluding carboxylic acids is 2. The number of ether oxygens (including phenoxy) is 2. The van der Waals surface area contributed by atoms with Crippen LogP contribution in [0.25, 0.3) is 0 Å². The molecule has 1 unspecified atom stereocenters. The van der Waals surface area contributed by atoms with Crippen molar-refractivity contribution in [3.8, 4) is 0 Å². The van der Waals surface area contributed by atoms with Gasteiger partial charge in [0.25, 0.3) is 0 Å². The number of carbonyl (C=O) groups is 2. The van der Waals surface area contributed by atoms with Gasteiger partial charge in [-0.05, 0) is 32.1 Å². The Morgan fingerprint density at radius 1 is 0.585 bits per heavy atom. The highest BCUT2D eigenvalue weighted by atomic mass is 31.2. The standard InChI is InChI=1S/C32H63O8P/c1-3-5-7-9-11-13-14-16-18-20-22-26-31(33)40-30(25-21-19-17-15-12-10-8-6-4-2)29-32(34)38-27-23-24-28-39-41(35,36)37/h30H,3-29H2,1-2H3,(H2,35,36,37). The quantitative estimate of drug-likeness (QED) is 0.0455. The molecular weight excluding hydrogens is 543 g/mol. The Balaban J connectivity index is 4.24. The van der Waals surface area contributed by atoms with E-state index in [9.17, 15) is 14.2 Å². The normalized spacial score (nSPS) is 12.4. The fraction of sp³-hybridized carbons (Fsp3) is 0.938. The van der Waals surface area contributed by atoms with Crippen LogP contribution in [0.1, 0.15) is 174 Å². The van der Waals surface area contributed by atoms with Gasteiger partial charge in [-0.3, -0.25) is 14.1 Å². The van der Waals surface area contributed by atoms with Gasteiger partial charge in [0.05, 0.1) is 19.6 Å². The van der Waals surface area contributed by atoms with Crippen molar-refractivity contribution < 1.29 is 37.9 Å². The first-order valence-electron chi connectivity index (χ1n) is 16.8. The van der Waals surface area contributed by atoms with Crippen molar-refractivity contribution in [3.63, 3.8) is 0 Å². The topological polar surface area (TPSA) is 119 Å². The molecule has 1 atom stereocenters. The van der Waals surface area contributed by atoms with E-state index in [0.29, 0.717) is 25.7 Å². The summed E-state index contributed by atoms with van der Waals surface area (Å²) in [6.45, 7) is 4.51. The van der Waals surface area contributed by atoms with Crippen LogP contribution >= 0.6 is 7.82 Å². The summed E-state index contributed by atoms with van der Waals surface area (Å²) in [7, 11) is -4.47. The molecule has 0 radical (unpaired) electrons. The number of phosphoric ester groups is 1. The lowest BCUT2D eigenvalue weighted by molar-refractivity contribution is -0.155. The fourth-order valence-electron chi connectivity index (χ4n) is 4.88. The Morgan fingerprint density at radius 2 is 1.02 bits per heavy atom. The molecule has 8 nitrogen and oxygen atoms in total. The molecule has 9 heteroatoms. The Morgan fingerprint density at radius 3 is 1.51 bits per heavy atom. The summed E-state index contributed by atoms with van der Waals surface area (Å²) in [5, 5.41) is 0. The van der Waals surface area contributed by atoms with Gasteiger partial charge in [-0.1, -0.05) is 129 Å². The highest BCUT2D eigenvalue weighted by Gasteiger charge is 2.19. The zero-order valence-corrected chi connectivity index (χ0v) is 27.4. The Hall–Kier alpha value is -0.950. The average molecular weight is 607 g/mol. The first kappa shape index (κ1) is 40.1. The van der Waals surface area contributed by atoms with Crippen molar-refractivity contribution in [2.24, 2.45) is 0 Å². The molecule has 41 heavy (non-hydrogen) atoms. The second-order valence-electron chi connectivity index (χ2n) is 11.5. The third-order valence-electron chi connectivity index (χ3n) is 7.37. The van der Waals surface area contributed by atoms with Gasteiger partial charge in [-0.25, -0.2) is 4.57 Å². The smallest absolute Gasteiger partial charge is 0.466 e. The van der Waals surface area contributed by atoms with Crippen molar-refractivity contribution in [2.75, 3.05) is 13.2 Å². The van der Waals surface area contributed by atoms with Crippen molar-refractivity contribution >= 4 is 19.8 Å². The molecule has 0 bridgehead atoms. The number of esters is 2. The van der Waals surface area contributed by atoms with Gasteiger partial charge in [0.1, 0.15) is 6.10 Å². The van der Waals surface area contributed by atoms with E-state index in [1.807, 2.05) is 0 Å². The van der Waals surface area contributed by atoms with Crippen LogP contribution in [-0.4, -0.2) is 41.0 Å². The molecule has 0 aliphatic carbocycles.